The SMILES string of the molecule is CCN1C(=O)OCc2cnc(N[C@@H](C)c3ccc([C@@H](CC4CC4)N4CCN(C(=O)O)CC4)cc3)nc21. The molecule has 192 valence electrons. The van der Waals surface area contributed by atoms with Crippen molar-refractivity contribution in [3.8, 4) is 0 Å². The van der Waals surface area contributed by atoms with Crippen LogP contribution in [0.4, 0.5) is 21.4 Å². The van der Waals surface area contributed by atoms with Gasteiger partial charge in [-0.15, -0.1) is 0 Å². The van der Waals surface area contributed by atoms with Crippen LogP contribution in [0.2, 0.25) is 0 Å². The van der Waals surface area contributed by atoms with Gasteiger partial charge >= 0.3 is 12.2 Å². The quantitative estimate of drug-likeness (QED) is 0.560. The minimum Gasteiger partial charge on any atom is -0.465 e. The number of amides is 2. The van der Waals surface area contributed by atoms with E-state index in [0.29, 0.717) is 37.4 Å². The number of carbonyl (C=O) groups excluding carboxylic acids is 1. The zero-order valence-electron chi connectivity index (χ0n) is 20.9. The first kappa shape index (κ1) is 24.3. The van der Waals surface area contributed by atoms with E-state index in [2.05, 4.69) is 51.4 Å². The first-order valence-corrected chi connectivity index (χ1v) is 12.8. The number of benzene rings is 1. The van der Waals surface area contributed by atoms with E-state index in [9.17, 15) is 14.7 Å². The Morgan fingerprint density at radius 2 is 1.86 bits per heavy atom. The van der Waals surface area contributed by atoms with Crippen LogP contribution in [-0.4, -0.2) is 69.8 Å². The average molecular weight is 495 g/mol. The van der Waals surface area contributed by atoms with E-state index >= 15 is 0 Å². The molecule has 1 aromatic heterocycles. The molecule has 2 aromatic rings. The third-order valence-corrected chi connectivity index (χ3v) is 7.43. The Balaban J connectivity index is 1.27. The van der Waals surface area contributed by atoms with Crippen LogP contribution in [0.15, 0.2) is 30.5 Å². The van der Waals surface area contributed by atoms with Crippen molar-refractivity contribution in [2.45, 2.75) is 51.8 Å². The van der Waals surface area contributed by atoms with Gasteiger partial charge in [-0.05, 0) is 37.3 Å². The molecule has 0 bridgehead atoms. The Bertz CT molecular complexity index is 1100. The molecular formula is C26H34N6O4. The predicted octanol–water partition coefficient (Wildman–Crippen LogP) is 4.26. The fourth-order valence-corrected chi connectivity index (χ4v) is 5.06. The molecule has 3 aliphatic rings. The second kappa shape index (κ2) is 10.3. The zero-order valence-corrected chi connectivity index (χ0v) is 20.9. The molecule has 0 unspecified atom stereocenters. The first-order chi connectivity index (χ1) is 17.4. The highest BCUT2D eigenvalue weighted by Crippen LogP contribution is 2.40. The Labute approximate surface area is 211 Å². The van der Waals surface area contributed by atoms with Crippen LogP contribution in [0.3, 0.4) is 0 Å². The lowest BCUT2D eigenvalue weighted by Gasteiger charge is -2.38. The van der Waals surface area contributed by atoms with Crippen LogP contribution in [0.25, 0.3) is 0 Å². The number of anilines is 2. The molecule has 10 heteroatoms. The first-order valence-electron chi connectivity index (χ1n) is 12.8. The summed E-state index contributed by atoms with van der Waals surface area (Å²) >= 11 is 0. The lowest BCUT2D eigenvalue weighted by Crippen LogP contribution is -2.49. The maximum atomic E-state index is 12.1. The lowest BCUT2D eigenvalue weighted by molar-refractivity contribution is 0.0805. The number of nitrogens with zero attached hydrogens (tertiary/aromatic N) is 5. The lowest BCUT2D eigenvalue weighted by atomic mass is 9.96. The fraction of sp³-hybridized carbons (Fsp3) is 0.538. The number of carbonyl (C=O) groups is 2. The number of hydrogen-bond donors (Lipinski definition) is 2. The minimum atomic E-state index is -0.829. The summed E-state index contributed by atoms with van der Waals surface area (Å²) in [5, 5.41) is 12.7. The van der Waals surface area contributed by atoms with Crippen molar-refractivity contribution < 1.29 is 19.4 Å². The summed E-state index contributed by atoms with van der Waals surface area (Å²) in [5.41, 5.74) is 3.20. The van der Waals surface area contributed by atoms with Gasteiger partial charge in [-0.25, -0.2) is 14.6 Å². The van der Waals surface area contributed by atoms with E-state index in [0.717, 1.165) is 36.6 Å². The van der Waals surface area contributed by atoms with Crippen LogP contribution in [0.1, 0.15) is 61.9 Å². The van der Waals surface area contributed by atoms with Crippen molar-refractivity contribution in [1.82, 2.24) is 19.8 Å². The number of rotatable bonds is 8. The number of ether oxygens (including phenoxy) is 1. The van der Waals surface area contributed by atoms with Gasteiger partial charge in [0.2, 0.25) is 5.95 Å². The largest absolute Gasteiger partial charge is 0.465 e. The van der Waals surface area contributed by atoms with E-state index in [4.69, 9.17) is 4.74 Å². The van der Waals surface area contributed by atoms with Gasteiger partial charge in [0.25, 0.3) is 0 Å². The molecule has 1 saturated carbocycles. The summed E-state index contributed by atoms with van der Waals surface area (Å²) in [4.78, 5) is 37.8. The summed E-state index contributed by atoms with van der Waals surface area (Å²) in [6.45, 7) is 7.27. The summed E-state index contributed by atoms with van der Waals surface area (Å²) in [6, 6.07) is 8.99. The van der Waals surface area contributed by atoms with Crippen LogP contribution in [-0.2, 0) is 11.3 Å². The summed E-state index contributed by atoms with van der Waals surface area (Å²) in [7, 11) is 0. The molecule has 0 spiro atoms. The topological polar surface area (TPSA) is 111 Å². The van der Waals surface area contributed by atoms with E-state index in [1.807, 2.05) is 6.92 Å². The van der Waals surface area contributed by atoms with E-state index in [1.54, 1.807) is 6.20 Å². The smallest absolute Gasteiger partial charge is 0.415 e. The van der Waals surface area contributed by atoms with E-state index in [1.165, 1.54) is 28.2 Å². The van der Waals surface area contributed by atoms with Crippen molar-refractivity contribution in [2.24, 2.45) is 5.92 Å². The van der Waals surface area contributed by atoms with Gasteiger partial charge in [-0.3, -0.25) is 9.80 Å². The standard InChI is InChI=1S/C26H34N6O4/c1-3-32-23-21(16-36-26(32)35)15-27-24(29-23)28-17(2)19-6-8-20(9-7-19)22(14-18-4-5-18)30-10-12-31(13-11-30)25(33)34/h6-9,15,17-18,22H,3-5,10-14,16H2,1-2H3,(H,33,34)(H,27,28,29)/t17-,22+/m0/s1. The highest BCUT2D eigenvalue weighted by Gasteiger charge is 2.32. The van der Waals surface area contributed by atoms with Gasteiger partial charge in [0, 0.05) is 45.0 Å². The van der Waals surface area contributed by atoms with E-state index in [-0.39, 0.29) is 18.7 Å². The van der Waals surface area contributed by atoms with Gasteiger partial charge in [0.05, 0.1) is 11.6 Å². The molecule has 2 aliphatic heterocycles. The van der Waals surface area contributed by atoms with Crippen LogP contribution in [0, 0.1) is 5.92 Å². The Morgan fingerprint density at radius 3 is 2.50 bits per heavy atom. The molecule has 2 amide bonds. The van der Waals surface area contributed by atoms with Crippen molar-refractivity contribution in [2.75, 3.05) is 42.9 Å². The highest BCUT2D eigenvalue weighted by atomic mass is 16.6. The molecule has 0 radical (unpaired) electrons. The highest BCUT2D eigenvalue weighted by molar-refractivity contribution is 5.89. The molecule has 1 saturated heterocycles. The molecule has 2 fully saturated rings. The van der Waals surface area contributed by atoms with Crippen LogP contribution < -0.4 is 10.2 Å². The second-order valence-electron chi connectivity index (χ2n) is 9.87. The second-order valence-corrected chi connectivity index (χ2v) is 9.87. The molecule has 2 N–H and O–H groups in total. The van der Waals surface area contributed by atoms with Gasteiger partial charge in [-0.2, -0.15) is 4.98 Å². The van der Waals surface area contributed by atoms with Crippen molar-refractivity contribution >= 4 is 24.0 Å². The van der Waals surface area contributed by atoms with Gasteiger partial charge < -0.3 is 20.1 Å². The van der Waals surface area contributed by atoms with Gasteiger partial charge in [-0.1, -0.05) is 37.1 Å². The molecule has 36 heavy (non-hydrogen) atoms. The number of piperazine rings is 1. The molecule has 2 atom stereocenters. The monoisotopic (exact) mass is 494 g/mol. The normalized spacial score (nSPS) is 19.9. The number of carboxylic acid groups (broad SMARTS) is 1. The Hall–Kier alpha value is -3.40. The van der Waals surface area contributed by atoms with Gasteiger partial charge in [0.15, 0.2) is 0 Å². The number of cyclic esters (lactones) is 1. The number of fused-ring (bicyclic) bond motifs is 1. The molecule has 10 nitrogen and oxygen atoms in total. The Kier molecular flexibility index (Phi) is 6.95. The number of nitrogens with one attached hydrogen (secondary N) is 1. The summed E-state index contributed by atoms with van der Waals surface area (Å²) in [6.07, 6.45) is 4.20. The third-order valence-electron chi connectivity index (χ3n) is 7.43. The maximum Gasteiger partial charge on any atom is 0.415 e. The van der Waals surface area contributed by atoms with Crippen molar-refractivity contribution in [1.29, 1.82) is 0 Å². The molecule has 1 aromatic carbocycles. The van der Waals surface area contributed by atoms with Crippen molar-refractivity contribution in [3.05, 3.63) is 47.2 Å². The van der Waals surface area contributed by atoms with Gasteiger partial charge in [0.1, 0.15) is 12.4 Å². The molecule has 1 aliphatic carbocycles. The van der Waals surface area contributed by atoms with E-state index < -0.39 is 6.09 Å². The third kappa shape index (κ3) is 5.23. The molecule has 3 heterocycles. The maximum absolute atomic E-state index is 12.1. The van der Waals surface area contributed by atoms with Crippen molar-refractivity contribution in [3.63, 3.8) is 0 Å². The predicted molar refractivity (Wildman–Crippen MR) is 135 cm³/mol. The molecule has 5 rings (SSSR count). The van der Waals surface area contributed by atoms with Crippen LogP contribution >= 0.6 is 0 Å². The zero-order chi connectivity index (χ0) is 25.2. The minimum absolute atomic E-state index is 0.0243. The fourth-order valence-electron chi connectivity index (χ4n) is 5.06. The average Bonchev–Trinajstić information content (AvgIpc) is 3.72. The molecular weight excluding hydrogens is 460 g/mol. The number of aromatic nitrogens is 2. The Morgan fingerprint density at radius 1 is 1.17 bits per heavy atom. The summed E-state index contributed by atoms with van der Waals surface area (Å²) in [5.74, 6) is 1.84. The van der Waals surface area contributed by atoms with Crippen LogP contribution in [0.5, 0.6) is 0 Å². The summed E-state index contributed by atoms with van der Waals surface area (Å²) < 4.78 is 5.17. The number of hydrogen-bond acceptors (Lipinski definition) is 7.